The molecule has 0 unspecified atom stereocenters. The van der Waals surface area contributed by atoms with Gasteiger partial charge in [-0.15, -0.1) is 0 Å². The standard InChI is InChI=1S/C35H38FN9O3/c1-20(2)29-18-41-45-32(29)43-34(39-17-25-11-13-37-19-30(25)48-22(4)46)44-35(45)40-16-24-7-5-6-8-27(24)31-28-10-9-26(42-33(47)21(3)36)15-23(28)12-14-38-31/h5-10,12,14-15,18,20,25,30,37H,3,11,13,16-17,19H2,1-2,4H3,(H,42,47)(H2,39,40,43,44)/t25-,30+/m1/s1. The van der Waals surface area contributed by atoms with Crippen LogP contribution in [0.15, 0.2) is 73.3 Å². The van der Waals surface area contributed by atoms with E-state index in [0.29, 0.717) is 42.9 Å². The van der Waals surface area contributed by atoms with Crippen molar-refractivity contribution in [2.45, 2.75) is 45.8 Å². The molecular weight excluding hydrogens is 613 g/mol. The Bertz CT molecular complexity index is 1990. The number of nitrogens with one attached hydrogen (secondary N) is 4. The summed E-state index contributed by atoms with van der Waals surface area (Å²) in [6.07, 6.45) is 4.15. The number of amides is 1. The highest BCUT2D eigenvalue weighted by atomic mass is 19.1. The minimum absolute atomic E-state index is 0.108. The van der Waals surface area contributed by atoms with E-state index in [0.717, 1.165) is 46.1 Å². The molecule has 4 N–H and O–H groups in total. The van der Waals surface area contributed by atoms with Gasteiger partial charge in [-0.25, -0.2) is 4.39 Å². The third-order valence-corrected chi connectivity index (χ3v) is 8.40. The highest BCUT2D eigenvalue weighted by molar-refractivity contribution is 6.04. The van der Waals surface area contributed by atoms with Gasteiger partial charge in [0.25, 0.3) is 5.91 Å². The van der Waals surface area contributed by atoms with Crippen LogP contribution in [0, 0.1) is 5.92 Å². The number of aromatic nitrogens is 5. The molecule has 2 aromatic carbocycles. The van der Waals surface area contributed by atoms with E-state index in [1.807, 2.05) is 42.6 Å². The minimum atomic E-state index is -1.05. The summed E-state index contributed by atoms with van der Waals surface area (Å²) in [5.41, 5.74) is 4.81. The van der Waals surface area contributed by atoms with Crippen molar-refractivity contribution in [3.05, 3.63) is 84.5 Å². The highest BCUT2D eigenvalue weighted by Crippen LogP contribution is 2.31. The van der Waals surface area contributed by atoms with Gasteiger partial charge in [-0.2, -0.15) is 19.6 Å². The third-order valence-electron chi connectivity index (χ3n) is 8.40. The molecule has 5 aromatic rings. The number of hydrogen-bond donors (Lipinski definition) is 4. The monoisotopic (exact) mass is 651 g/mol. The van der Waals surface area contributed by atoms with Crippen LogP contribution in [0.25, 0.3) is 27.7 Å². The van der Waals surface area contributed by atoms with E-state index in [4.69, 9.17) is 19.7 Å². The van der Waals surface area contributed by atoms with E-state index in [1.54, 1.807) is 22.8 Å². The Hall–Kier alpha value is -5.43. The molecule has 2 atom stereocenters. The van der Waals surface area contributed by atoms with Crippen LogP contribution in [0.2, 0.25) is 0 Å². The van der Waals surface area contributed by atoms with E-state index in [-0.39, 0.29) is 23.9 Å². The second-order valence-electron chi connectivity index (χ2n) is 12.1. The molecule has 0 bridgehead atoms. The topological polar surface area (TPSA) is 147 Å². The van der Waals surface area contributed by atoms with Crippen molar-refractivity contribution < 1.29 is 18.7 Å². The maximum absolute atomic E-state index is 13.3. The average Bonchev–Trinajstić information content (AvgIpc) is 3.51. The van der Waals surface area contributed by atoms with E-state index in [1.165, 1.54) is 6.92 Å². The number of carbonyl (C=O) groups is 2. The average molecular weight is 652 g/mol. The zero-order valence-corrected chi connectivity index (χ0v) is 27.1. The lowest BCUT2D eigenvalue weighted by atomic mass is 9.95. The molecule has 48 heavy (non-hydrogen) atoms. The van der Waals surface area contributed by atoms with Crippen LogP contribution in [0.5, 0.6) is 0 Å². The predicted molar refractivity (Wildman–Crippen MR) is 183 cm³/mol. The van der Waals surface area contributed by atoms with Gasteiger partial charge in [0, 0.05) is 60.9 Å². The molecule has 0 spiro atoms. The van der Waals surface area contributed by atoms with Crippen molar-refractivity contribution in [3.63, 3.8) is 0 Å². The SMILES string of the molecule is C=C(F)C(=O)Nc1ccc2c(-c3ccccc3CNc3nc(NC[C@H]4CCNC[C@@H]4OC(C)=O)nc4c(C(C)C)cnn34)nccc2c1. The summed E-state index contributed by atoms with van der Waals surface area (Å²) in [5, 5.41) is 19.0. The molecule has 4 heterocycles. The number of nitrogens with zero attached hydrogens (tertiary/aromatic N) is 5. The Labute approximate surface area is 277 Å². The normalized spacial score (nSPS) is 16.2. The van der Waals surface area contributed by atoms with Crippen LogP contribution >= 0.6 is 0 Å². The fourth-order valence-corrected chi connectivity index (χ4v) is 5.94. The van der Waals surface area contributed by atoms with Crippen molar-refractivity contribution in [1.82, 2.24) is 29.9 Å². The molecule has 1 aliphatic rings. The van der Waals surface area contributed by atoms with Crippen LogP contribution in [0.3, 0.4) is 0 Å². The van der Waals surface area contributed by atoms with Gasteiger partial charge in [0.05, 0.1) is 11.9 Å². The lowest BCUT2D eigenvalue weighted by molar-refractivity contribution is -0.149. The van der Waals surface area contributed by atoms with Crippen molar-refractivity contribution in [1.29, 1.82) is 0 Å². The van der Waals surface area contributed by atoms with Crippen LogP contribution in [0.4, 0.5) is 22.0 Å². The molecule has 3 aromatic heterocycles. The van der Waals surface area contributed by atoms with Gasteiger partial charge in [-0.1, -0.05) is 50.8 Å². The number of carbonyl (C=O) groups excluding carboxylic acids is 2. The molecule has 1 fully saturated rings. The highest BCUT2D eigenvalue weighted by Gasteiger charge is 2.28. The molecule has 248 valence electrons. The Kier molecular flexibility index (Phi) is 9.57. The predicted octanol–water partition coefficient (Wildman–Crippen LogP) is 5.45. The molecule has 6 rings (SSSR count). The summed E-state index contributed by atoms with van der Waals surface area (Å²) in [4.78, 5) is 37.9. The van der Waals surface area contributed by atoms with Crippen molar-refractivity contribution >= 4 is 45.9 Å². The van der Waals surface area contributed by atoms with Crippen LogP contribution in [0.1, 0.15) is 44.2 Å². The van der Waals surface area contributed by atoms with Gasteiger partial charge in [0.1, 0.15) is 6.10 Å². The number of rotatable bonds is 11. The van der Waals surface area contributed by atoms with Gasteiger partial charge >= 0.3 is 5.97 Å². The smallest absolute Gasteiger partial charge is 0.302 e. The van der Waals surface area contributed by atoms with Crippen molar-refractivity contribution in [2.24, 2.45) is 5.92 Å². The summed E-state index contributed by atoms with van der Waals surface area (Å²) in [6, 6.07) is 15.1. The number of fused-ring (bicyclic) bond motifs is 2. The Balaban J connectivity index is 1.28. The molecule has 1 aliphatic heterocycles. The molecule has 1 amide bonds. The number of hydrogen-bond acceptors (Lipinski definition) is 10. The van der Waals surface area contributed by atoms with Crippen molar-refractivity contribution in [3.8, 4) is 11.3 Å². The Morgan fingerprint density at radius 1 is 1.15 bits per heavy atom. The van der Waals surface area contributed by atoms with Crippen molar-refractivity contribution in [2.75, 3.05) is 35.6 Å². The van der Waals surface area contributed by atoms with Gasteiger partial charge in [-0.3, -0.25) is 14.6 Å². The first-order valence-electron chi connectivity index (χ1n) is 15.9. The van der Waals surface area contributed by atoms with E-state index in [2.05, 4.69) is 46.8 Å². The van der Waals surface area contributed by atoms with Gasteiger partial charge in [0.2, 0.25) is 11.9 Å². The molecular formula is C35H38FN9O3. The first-order chi connectivity index (χ1) is 23.2. The maximum atomic E-state index is 13.3. The molecule has 13 heteroatoms. The minimum Gasteiger partial charge on any atom is -0.461 e. The quantitative estimate of drug-likeness (QED) is 0.107. The Morgan fingerprint density at radius 2 is 1.98 bits per heavy atom. The van der Waals surface area contributed by atoms with Crippen LogP contribution < -0.4 is 21.3 Å². The zero-order chi connectivity index (χ0) is 33.8. The largest absolute Gasteiger partial charge is 0.461 e. The molecule has 12 nitrogen and oxygen atoms in total. The van der Waals surface area contributed by atoms with Gasteiger partial charge in [-0.05, 0) is 48.0 Å². The van der Waals surface area contributed by atoms with Crippen LogP contribution in [-0.2, 0) is 20.9 Å². The summed E-state index contributed by atoms with van der Waals surface area (Å²) < 4.78 is 20.6. The zero-order valence-electron chi connectivity index (χ0n) is 27.1. The fraction of sp³-hybridized carbons (Fsp3) is 0.314. The Morgan fingerprint density at radius 3 is 2.77 bits per heavy atom. The lowest BCUT2D eigenvalue weighted by Crippen LogP contribution is -2.45. The number of piperidine rings is 1. The summed E-state index contributed by atoms with van der Waals surface area (Å²) in [6.45, 7) is 11.1. The fourth-order valence-electron chi connectivity index (χ4n) is 5.94. The number of anilines is 3. The molecule has 1 saturated heterocycles. The lowest BCUT2D eigenvalue weighted by Gasteiger charge is -2.31. The van der Waals surface area contributed by atoms with E-state index in [9.17, 15) is 14.0 Å². The maximum Gasteiger partial charge on any atom is 0.302 e. The number of halogens is 1. The second kappa shape index (κ2) is 14.1. The number of benzene rings is 2. The molecule has 0 aliphatic carbocycles. The van der Waals surface area contributed by atoms with E-state index < -0.39 is 11.7 Å². The third kappa shape index (κ3) is 7.10. The summed E-state index contributed by atoms with van der Waals surface area (Å²) in [7, 11) is 0. The summed E-state index contributed by atoms with van der Waals surface area (Å²) >= 11 is 0. The molecule has 0 radical (unpaired) electrons. The van der Waals surface area contributed by atoms with Gasteiger partial charge in [0.15, 0.2) is 11.5 Å². The molecule has 0 saturated carbocycles. The summed E-state index contributed by atoms with van der Waals surface area (Å²) in [5.74, 6) is -0.956. The van der Waals surface area contributed by atoms with Crippen LogP contribution in [-0.4, -0.2) is 62.2 Å². The second-order valence-corrected chi connectivity index (χ2v) is 12.1. The first-order valence-corrected chi connectivity index (χ1v) is 15.9. The number of esters is 1. The first kappa shape index (κ1) is 32.5. The number of ether oxygens (including phenoxy) is 1. The number of pyridine rings is 1. The van der Waals surface area contributed by atoms with E-state index >= 15 is 0 Å². The van der Waals surface area contributed by atoms with Gasteiger partial charge < -0.3 is 26.0 Å².